The lowest BCUT2D eigenvalue weighted by molar-refractivity contribution is -0.140. The van der Waals surface area contributed by atoms with Gasteiger partial charge in [0.05, 0.1) is 12.0 Å². The summed E-state index contributed by atoms with van der Waals surface area (Å²) >= 11 is 0. The molecule has 1 aliphatic heterocycles. The normalized spacial score (nSPS) is 17.8. The molecule has 0 spiro atoms. The number of aliphatic carboxylic acids is 1. The molecule has 36 heavy (non-hydrogen) atoms. The SMILES string of the molecule is O=C1c2cc(-c3ccc(C4(C(=O)O)CC4)cc3)ccc2CN1c1cccc(-c2nncn2C2CC2)n1. The van der Waals surface area contributed by atoms with E-state index in [1.807, 2.05) is 60.7 Å². The topological polar surface area (TPSA) is 101 Å². The fraction of sp³-hybridized carbons (Fsp3) is 0.250. The minimum absolute atomic E-state index is 0.0837. The van der Waals surface area contributed by atoms with Gasteiger partial charge in [-0.2, -0.15) is 0 Å². The van der Waals surface area contributed by atoms with Gasteiger partial charge in [0.2, 0.25) is 0 Å². The summed E-state index contributed by atoms with van der Waals surface area (Å²) in [5.41, 5.74) is 4.32. The minimum Gasteiger partial charge on any atom is -0.481 e. The van der Waals surface area contributed by atoms with Crippen molar-refractivity contribution in [3.05, 3.63) is 83.7 Å². The van der Waals surface area contributed by atoms with Gasteiger partial charge >= 0.3 is 5.97 Å². The van der Waals surface area contributed by atoms with Crippen molar-refractivity contribution in [3.63, 3.8) is 0 Å². The Bertz CT molecular complexity index is 1530. The Balaban J connectivity index is 1.16. The molecule has 1 amide bonds. The number of benzene rings is 2. The average molecular weight is 478 g/mol. The molecule has 4 aromatic rings. The number of pyridine rings is 1. The molecule has 1 N–H and O–H groups in total. The zero-order valence-corrected chi connectivity index (χ0v) is 19.5. The third-order valence-electron chi connectivity index (χ3n) is 7.60. The van der Waals surface area contributed by atoms with Crippen LogP contribution < -0.4 is 4.90 Å². The van der Waals surface area contributed by atoms with Gasteiger partial charge in [-0.05, 0) is 66.1 Å². The van der Waals surface area contributed by atoms with Crippen LogP contribution in [0.25, 0.3) is 22.6 Å². The molecule has 2 aromatic heterocycles. The average Bonchev–Trinajstić information content (AvgIpc) is 3.84. The van der Waals surface area contributed by atoms with Crippen molar-refractivity contribution < 1.29 is 14.7 Å². The summed E-state index contributed by atoms with van der Waals surface area (Å²) in [5.74, 6) is 0.474. The molecule has 2 aromatic carbocycles. The van der Waals surface area contributed by atoms with Crippen LogP contribution in [0.15, 0.2) is 67.0 Å². The fourth-order valence-corrected chi connectivity index (χ4v) is 5.14. The first-order valence-electron chi connectivity index (χ1n) is 12.2. The van der Waals surface area contributed by atoms with E-state index in [0.717, 1.165) is 40.9 Å². The second-order valence-corrected chi connectivity index (χ2v) is 9.90. The van der Waals surface area contributed by atoms with E-state index < -0.39 is 11.4 Å². The molecule has 0 atom stereocenters. The van der Waals surface area contributed by atoms with E-state index in [2.05, 4.69) is 14.8 Å². The number of fused-ring (bicyclic) bond motifs is 1. The number of hydrogen-bond acceptors (Lipinski definition) is 5. The number of rotatable bonds is 6. The highest BCUT2D eigenvalue weighted by Crippen LogP contribution is 2.48. The van der Waals surface area contributed by atoms with Gasteiger partial charge in [0.1, 0.15) is 17.8 Å². The number of amides is 1. The highest BCUT2D eigenvalue weighted by molar-refractivity contribution is 6.10. The molecular weight excluding hydrogens is 454 g/mol. The predicted octanol–water partition coefficient (Wildman–Crippen LogP) is 4.62. The zero-order valence-electron chi connectivity index (χ0n) is 19.5. The monoisotopic (exact) mass is 477 g/mol. The first-order valence-corrected chi connectivity index (χ1v) is 12.2. The molecule has 2 saturated carbocycles. The molecule has 8 heteroatoms. The molecule has 0 radical (unpaired) electrons. The Morgan fingerprint density at radius 2 is 1.78 bits per heavy atom. The van der Waals surface area contributed by atoms with Crippen LogP contribution in [0.1, 0.15) is 53.2 Å². The Hall–Kier alpha value is -4.33. The van der Waals surface area contributed by atoms with Crippen molar-refractivity contribution in [1.82, 2.24) is 19.7 Å². The lowest BCUT2D eigenvalue weighted by atomic mass is 9.93. The van der Waals surface area contributed by atoms with Gasteiger partial charge < -0.3 is 9.67 Å². The van der Waals surface area contributed by atoms with Crippen molar-refractivity contribution in [3.8, 4) is 22.6 Å². The Labute approximate surface area is 207 Å². The molecule has 0 bridgehead atoms. The van der Waals surface area contributed by atoms with Crippen molar-refractivity contribution in [2.75, 3.05) is 4.90 Å². The lowest BCUT2D eigenvalue weighted by Gasteiger charge is -2.15. The smallest absolute Gasteiger partial charge is 0.314 e. The summed E-state index contributed by atoms with van der Waals surface area (Å²) < 4.78 is 2.06. The Morgan fingerprint density at radius 1 is 1.00 bits per heavy atom. The maximum absolute atomic E-state index is 13.4. The van der Waals surface area contributed by atoms with Crippen molar-refractivity contribution in [2.45, 2.75) is 43.7 Å². The van der Waals surface area contributed by atoms with Gasteiger partial charge in [-0.1, -0.05) is 42.5 Å². The second-order valence-electron chi connectivity index (χ2n) is 9.90. The first kappa shape index (κ1) is 21.0. The van der Waals surface area contributed by atoms with Crippen LogP contribution in [0, 0.1) is 0 Å². The van der Waals surface area contributed by atoms with Crippen LogP contribution in [0.5, 0.6) is 0 Å². The summed E-state index contributed by atoms with van der Waals surface area (Å²) in [7, 11) is 0. The van der Waals surface area contributed by atoms with Gasteiger partial charge in [-0.15, -0.1) is 10.2 Å². The number of carboxylic acid groups (broad SMARTS) is 1. The van der Waals surface area contributed by atoms with E-state index in [1.165, 1.54) is 0 Å². The Kier molecular flexibility index (Phi) is 4.42. The molecule has 3 aliphatic rings. The number of nitrogens with zero attached hydrogens (tertiary/aromatic N) is 5. The van der Waals surface area contributed by atoms with E-state index >= 15 is 0 Å². The standard InChI is InChI=1S/C28H23N5O3/c34-26-22-14-18(17-6-8-20(9-7-17)28(12-13-28)27(35)36)4-5-19(22)15-32(26)24-3-1-2-23(30-24)25-31-29-16-33(25)21-10-11-21/h1-9,14,16,21H,10-13,15H2,(H,35,36). The zero-order chi connectivity index (χ0) is 24.4. The van der Waals surface area contributed by atoms with Crippen LogP contribution in [-0.4, -0.2) is 36.7 Å². The van der Waals surface area contributed by atoms with E-state index in [4.69, 9.17) is 4.98 Å². The summed E-state index contributed by atoms with van der Waals surface area (Å²) in [4.78, 5) is 31.5. The van der Waals surface area contributed by atoms with Crippen molar-refractivity contribution in [2.24, 2.45) is 0 Å². The van der Waals surface area contributed by atoms with Crippen LogP contribution in [0.3, 0.4) is 0 Å². The molecule has 2 aliphatic carbocycles. The van der Waals surface area contributed by atoms with E-state index in [0.29, 0.717) is 42.5 Å². The van der Waals surface area contributed by atoms with E-state index in [-0.39, 0.29) is 5.91 Å². The molecule has 2 fully saturated rings. The maximum Gasteiger partial charge on any atom is 0.314 e. The lowest BCUT2D eigenvalue weighted by Crippen LogP contribution is -2.24. The van der Waals surface area contributed by atoms with Crippen molar-refractivity contribution >= 4 is 17.7 Å². The van der Waals surface area contributed by atoms with Crippen molar-refractivity contribution in [1.29, 1.82) is 0 Å². The maximum atomic E-state index is 13.4. The van der Waals surface area contributed by atoms with Gasteiger partial charge in [0, 0.05) is 11.6 Å². The quantitative estimate of drug-likeness (QED) is 0.435. The molecule has 0 saturated heterocycles. The number of anilines is 1. The Morgan fingerprint density at radius 3 is 2.50 bits per heavy atom. The van der Waals surface area contributed by atoms with Gasteiger partial charge in [0.25, 0.3) is 5.91 Å². The van der Waals surface area contributed by atoms with Gasteiger partial charge in [0.15, 0.2) is 5.82 Å². The van der Waals surface area contributed by atoms with Crippen LogP contribution in [-0.2, 0) is 16.8 Å². The molecule has 0 unspecified atom stereocenters. The number of hydrogen-bond donors (Lipinski definition) is 1. The third kappa shape index (κ3) is 3.25. The second kappa shape index (κ2) is 7.58. The third-order valence-corrected chi connectivity index (χ3v) is 7.60. The minimum atomic E-state index is -0.760. The fourth-order valence-electron chi connectivity index (χ4n) is 5.14. The number of carbonyl (C=O) groups excluding carboxylic acids is 1. The first-order chi connectivity index (χ1) is 17.5. The summed E-state index contributed by atoms with van der Waals surface area (Å²) in [6.45, 7) is 0.459. The van der Waals surface area contributed by atoms with Crippen LogP contribution in [0.2, 0.25) is 0 Å². The number of carboxylic acids is 1. The number of carbonyl (C=O) groups is 2. The highest BCUT2D eigenvalue weighted by Gasteiger charge is 2.51. The molecular formula is C28H23N5O3. The summed E-state index contributed by atoms with van der Waals surface area (Å²) in [6.07, 6.45) is 5.35. The van der Waals surface area contributed by atoms with Gasteiger partial charge in [-0.3, -0.25) is 14.5 Å². The van der Waals surface area contributed by atoms with E-state index in [1.54, 1.807) is 11.2 Å². The number of aromatic nitrogens is 4. The largest absolute Gasteiger partial charge is 0.481 e. The van der Waals surface area contributed by atoms with Gasteiger partial charge in [-0.25, -0.2) is 4.98 Å². The molecule has 178 valence electrons. The molecule has 3 heterocycles. The van der Waals surface area contributed by atoms with Crippen LogP contribution in [0.4, 0.5) is 5.82 Å². The molecule has 8 nitrogen and oxygen atoms in total. The highest BCUT2D eigenvalue weighted by atomic mass is 16.4. The summed E-state index contributed by atoms with van der Waals surface area (Å²) in [6, 6.07) is 19.7. The van der Waals surface area contributed by atoms with E-state index in [9.17, 15) is 14.7 Å². The molecule has 7 rings (SSSR count). The van der Waals surface area contributed by atoms with Crippen LogP contribution >= 0.6 is 0 Å². The predicted molar refractivity (Wildman–Crippen MR) is 132 cm³/mol. The summed E-state index contributed by atoms with van der Waals surface area (Å²) in [5, 5.41) is 17.9.